The van der Waals surface area contributed by atoms with Gasteiger partial charge in [0.2, 0.25) is 5.75 Å². The molecule has 0 unspecified atom stereocenters. The van der Waals surface area contributed by atoms with Crippen LogP contribution in [0.15, 0.2) is 35.7 Å². The molecular formula is C29H39BO7S. The van der Waals surface area contributed by atoms with Gasteiger partial charge in [0, 0.05) is 23.2 Å². The molecule has 38 heavy (non-hydrogen) atoms. The molecule has 5 rings (SSSR count). The van der Waals surface area contributed by atoms with Crippen molar-refractivity contribution in [1.82, 2.24) is 0 Å². The lowest BCUT2D eigenvalue weighted by atomic mass is 9.44. The van der Waals surface area contributed by atoms with Crippen molar-refractivity contribution >= 4 is 35.5 Å². The van der Waals surface area contributed by atoms with Gasteiger partial charge in [-0.05, 0) is 77.3 Å². The van der Waals surface area contributed by atoms with Crippen LogP contribution in [0.4, 0.5) is 0 Å². The van der Waals surface area contributed by atoms with Crippen LogP contribution in [0.5, 0.6) is 0 Å². The number of aliphatic hydroxyl groups excluding tert-OH is 1. The Kier molecular flexibility index (Phi) is 7.17. The number of Topliss-reactive ketones (excluding diaryl/α,β-unsaturated/α-hetero) is 1. The molecule has 0 aromatic heterocycles. The van der Waals surface area contributed by atoms with E-state index in [1.165, 1.54) is 0 Å². The van der Waals surface area contributed by atoms with Gasteiger partial charge >= 0.3 is 13.1 Å². The summed E-state index contributed by atoms with van der Waals surface area (Å²) in [5.41, 5.74) is -0.286. The molecule has 206 valence electrons. The number of hydrogen-bond donors (Lipinski definition) is 2. The van der Waals surface area contributed by atoms with E-state index in [9.17, 15) is 24.3 Å². The van der Waals surface area contributed by atoms with Gasteiger partial charge < -0.3 is 24.1 Å². The van der Waals surface area contributed by atoms with E-state index in [4.69, 9.17) is 9.39 Å². The van der Waals surface area contributed by atoms with Gasteiger partial charge in [0.25, 0.3) is 0 Å². The standard InChI is InChI=1S/C29H39BO7S/c1-6-27(4)14-23(37-24(32)16-38(35)20-8-7-19-15-36-30(34)21(19)13-20)28(5)17(2)9-11-29(18(3)26(27)33)12-10-22(31)25(28)29/h6-8,13,17-18,23,25-26,33-34H,1,9-12,14-16H2,2-5H3/t17-,18+,23-,25+,26+,27-,28+,29+,38-/m1/s1. The van der Waals surface area contributed by atoms with E-state index < -0.39 is 47.3 Å². The third-order valence-corrected chi connectivity index (χ3v) is 12.1. The largest absolute Gasteiger partial charge is 0.611 e. The van der Waals surface area contributed by atoms with Gasteiger partial charge in [-0.25, -0.2) is 4.79 Å². The Hall–Kier alpha value is -1.65. The lowest BCUT2D eigenvalue weighted by Gasteiger charge is -2.61. The molecule has 3 fully saturated rings. The Morgan fingerprint density at radius 2 is 2.08 bits per heavy atom. The number of benzene rings is 1. The number of fused-ring (bicyclic) bond motifs is 1. The number of esters is 1. The second-order valence-corrected chi connectivity index (χ2v) is 14.0. The summed E-state index contributed by atoms with van der Waals surface area (Å²) in [4.78, 5) is 27.3. The van der Waals surface area contributed by atoms with Crippen molar-refractivity contribution in [1.29, 1.82) is 0 Å². The zero-order valence-corrected chi connectivity index (χ0v) is 23.6. The first-order valence-corrected chi connectivity index (χ1v) is 15.0. The molecule has 0 amide bonds. The van der Waals surface area contributed by atoms with Crippen molar-refractivity contribution in [3.05, 3.63) is 36.4 Å². The lowest BCUT2D eigenvalue weighted by molar-refractivity contribution is -0.205. The van der Waals surface area contributed by atoms with E-state index in [1.807, 2.05) is 6.92 Å². The van der Waals surface area contributed by atoms with Crippen molar-refractivity contribution < 1.29 is 33.7 Å². The molecule has 9 atom stereocenters. The Labute approximate surface area is 228 Å². The molecule has 0 saturated heterocycles. The molecule has 9 heteroatoms. The van der Waals surface area contributed by atoms with Crippen molar-refractivity contribution in [2.24, 2.45) is 34.0 Å². The molecule has 1 aromatic rings. The maximum atomic E-state index is 13.5. The molecule has 1 aromatic carbocycles. The van der Waals surface area contributed by atoms with Crippen LogP contribution in [-0.2, 0) is 36.8 Å². The highest BCUT2D eigenvalue weighted by Crippen LogP contribution is 2.68. The minimum atomic E-state index is -1.69. The molecule has 3 aliphatic carbocycles. The third kappa shape index (κ3) is 4.12. The predicted octanol–water partition coefficient (Wildman–Crippen LogP) is 2.92. The smallest absolute Gasteiger partial charge is 0.491 e. The summed E-state index contributed by atoms with van der Waals surface area (Å²) >= 11 is -1.69. The van der Waals surface area contributed by atoms with Crippen LogP contribution in [0.3, 0.4) is 0 Å². The summed E-state index contributed by atoms with van der Waals surface area (Å²) in [6, 6.07) is 5.06. The SMILES string of the molecule is C=C[C@]1(C)C[C@@H](OC(=O)C[S@@+]([O-])c2ccc3c(c2)B(O)OC3)[C@]2(C)[C@H](C)CC[C@]3(CCC(=O)[C@H]32)[C@@H](C)[C@@H]1O. The van der Waals surface area contributed by atoms with Crippen LogP contribution in [-0.4, -0.2) is 51.5 Å². The van der Waals surface area contributed by atoms with E-state index >= 15 is 0 Å². The van der Waals surface area contributed by atoms with Crippen molar-refractivity contribution in [3.8, 4) is 0 Å². The minimum absolute atomic E-state index is 0.0999. The van der Waals surface area contributed by atoms with E-state index in [2.05, 4.69) is 27.4 Å². The van der Waals surface area contributed by atoms with Crippen LogP contribution in [0.2, 0.25) is 0 Å². The molecule has 4 aliphatic rings. The first-order valence-electron chi connectivity index (χ1n) is 13.7. The number of ether oxygens (including phenoxy) is 1. The number of hydrogen-bond acceptors (Lipinski definition) is 7. The zero-order chi connectivity index (χ0) is 27.6. The van der Waals surface area contributed by atoms with Crippen LogP contribution in [0, 0.1) is 34.0 Å². The summed E-state index contributed by atoms with van der Waals surface area (Å²) in [5.74, 6) is -1.03. The zero-order valence-electron chi connectivity index (χ0n) is 22.8. The van der Waals surface area contributed by atoms with Gasteiger partial charge in [0.1, 0.15) is 11.9 Å². The van der Waals surface area contributed by atoms with Crippen molar-refractivity contribution in [2.45, 2.75) is 83.5 Å². The number of aliphatic hydroxyl groups is 1. The molecule has 7 nitrogen and oxygen atoms in total. The summed E-state index contributed by atoms with van der Waals surface area (Å²) in [5, 5.41) is 21.6. The Balaban J connectivity index is 1.45. The van der Waals surface area contributed by atoms with Gasteiger partial charge in [0.15, 0.2) is 4.90 Å². The molecular weight excluding hydrogens is 503 g/mol. The topological polar surface area (TPSA) is 116 Å². The fraction of sp³-hybridized carbons (Fsp3) is 0.655. The monoisotopic (exact) mass is 542 g/mol. The number of rotatable bonds is 5. The number of carbonyl (C=O) groups excluding carboxylic acids is 2. The van der Waals surface area contributed by atoms with Crippen LogP contribution >= 0.6 is 0 Å². The fourth-order valence-electron chi connectivity index (χ4n) is 8.22. The Morgan fingerprint density at radius 3 is 2.79 bits per heavy atom. The molecule has 0 spiro atoms. The van der Waals surface area contributed by atoms with Gasteiger partial charge in [0.05, 0.1) is 12.7 Å². The van der Waals surface area contributed by atoms with Gasteiger partial charge in [-0.1, -0.05) is 39.8 Å². The first kappa shape index (κ1) is 27.9. The van der Waals surface area contributed by atoms with Gasteiger partial charge in [-0.15, -0.1) is 6.58 Å². The molecule has 1 heterocycles. The third-order valence-electron chi connectivity index (χ3n) is 10.9. The van der Waals surface area contributed by atoms with Gasteiger partial charge in [-0.2, -0.15) is 0 Å². The summed E-state index contributed by atoms with van der Waals surface area (Å²) < 4.78 is 24.6. The predicted molar refractivity (Wildman–Crippen MR) is 145 cm³/mol. The van der Waals surface area contributed by atoms with Crippen LogP contribution in [0.1, 0.15) is 65.4 Å². The second kappa shape index (κ2) is 9.77. The van der Waals surface area contributed by atoms with E-state index in [0.29, 0.717) is 23.2 Å². The Morgan fingerprint density at radius 1 is 1.34 bits per heavy atom. The summed E-state index contributed by atoms with van der Waals surface area (Å²) in [6.45, 7) is 12.6. The molecule has 1 aliphatic heterocycles. The maximum absolute atomic E-state index is 13.5. The maximum Gasteiger partial charge on any atom is 0.491 e. The Bertz CT molecular complexity index is 1140. The summed E-state index contributed by atoms with van der Waals surface area (Å²) in [7, 11) is -1.06. The van der Waals surface area contributed by atoms with Crippen LogP contribution in [0.25, 0.3) is 0 Å². The van der Waals surface area contributed by atoms with E-state index in [0.717, 1.165) is 24.8 Å². The van der Waals surface area contributed by atoms with Crippen molar-refractivity contribution in [2.75, 3.05) is 5.75 Å². The number of ketones is 1. The van der Waals surface area contributed by atoms with Gasteiger partial charge in [-0.3, -0.25) is 4.79 Å². The molecule has 2 bridgehead atoms. The minimum Gasteiger partial charge on any atom is -0.611 e. The lowest BCUT2D eigenvalue weighted by Crippen LogP contribution is -2.63. The van der Waals surface area contributed by atoms with Crippen molar-refractivity contribution in [3.63, 3.8) is 0 Å². The number of carbonyl (C=O) groups is 2. The van der Waals surface area contributed by atoms with Crippen LogP contribution < -0.4 is 5.46 Å². The van der Waals surface area contributed by atoms with E-state index in [-0.39, 0.29) is 41.3 Å². The molecule has 0 radical (unpaired) electrons. The molecule has 2 N–H and O–H groups in total. The highest BCUT2D eigenvalue weighted by molar-refractivity contribution is 7.92. The normalized spacial score (nSPS) is 41.1. The average molecular weight is 543 g/mol. The highest BCUT2D eigenvalue weighted by Gasteiger charge is 2.68. The highest BCUT2D eigenvalue weighted by atomic mass is 32.2. The summed E-state index contributed by atoms with van der Waals surface area (Å²) in [6.07, 6.45) is 3.70. The second-order valence-electron chi connectivity index (χ2n) is 12.6. The average Bonchev–Trinajstić information content (AvgIpc) is 3.44. The quantitative estimate of drug-likeness (QED) is 0.254. The first-order chi connectivity index (χ1) is 17.9. The fourth-order valence-corrected chi connectivity index (χ4v) is 9.15. The van der Waals surface area contributed by atoms with E-state index in [1.54, 1.807) is 24.3 Å². The molecule has 3 saturated carbocycles.